The molecule has 0 bridgehead atoms. The molecule has 0 aromatic rings. The van der Waals surface area contributed by atoms with E-state index < -0.39 is 30.3 Å². The first-order valence-corrected chi connectivity index (χ1v) is 14.0. The molecule has 0 unspecified atom stereocenters. The third-order valence-corrected chi connectivity index (χ3v) is 11.1. The van der Waals surface area contributed by atoms with Crippen LogP contribution in [0.5, 0.6) is 0 Å². The number of esters is 1. The fourth-order valence-corrected chi connectivity index (χ4v) is 9.29. The summed E-state index contributed by atoms with van der Waals surface area (Å²) in [5.41, 5.74) is 1.26. The van der Waals surface area contributed by atoms with Crippen LogP contribution in [0.25, 0.3) is 0 Å². The molecule has 4 rings (SSSR count). The summed E-state index contributed by atoms with van der Waals surface area (Å²) in [5.74, 6) is -1.22. The van der Waals surface area contributed by atoms with Crippen LogP contribution in [0, 0.1) is 39.9 Å². The Balaban J connectivity index is 1.84. The Hall–Kier alpha value is -1.92. The minimum absolute atomic E-state index is 0.0394. The maximum Gasteiger partial charge on any atom is 0.331 e. The molecule has 4 aliphatic carbocycles. The normalized spacial score (nSPS) is 45.8. The molecule has 0 aromatic carbocycles. The average molecular weight is 515 g/mol. The SMILES string of the molecule is CC(=O)O[C@H]1C[C@@]2(C)[C@@H](C[C@@H](O)[C@H]3[C@@]4(C)C=C[C@@H](O)[C@@H](C)[C@@H]4CC[C@@]32C)/C1=C(\CCC=C(C)C)C(=O)O. The van der Waals surface area contributed by atoms with E-state index in [1.165, 1.54) is 6.92 Å². The lowest BCUT2D eigenvalue weighted by molar-refractivity contribution is -0.208. The Morgan fingerprint density at radius 1 is 1.14 bits per heavy atom. The minimum atomic E-state index is -0.964. The molecule has 3 N–H and O–H groups in total. The van der Waals surface area contributed by atoms with Gasteiger partial charge in [-0.1, -0.05) is 51.5 Å². The first-order valence-electron chi connectivity index (χ1n) is 14.0. The molecule has 0 aromatic heterocycles. The van der Waals surface area contributed by atoms with Gasteiger partial charge in [0, 0.05) is 12.5 Å². The van der Waals surface area contributed by atoms with Crippen molar-refractivity contribution in [3.05, 3.63) is 34.9 Å². The molecule has 0 aliphatic heterocycles. The number of carbonyl (C=O) groups excluding carboxylic acids is 1. The molecule has 6 nitrogen and oxygen atoms in total. The summed E-state index contributed by atoms with van der Waals surface area (Å²) >= 11 is 0. The predicted octanol–water partition coefficient (Wildman–Crippen LogP) is 5.44. The zero-order valence-corrected chi connectivity index (χ0v) is 23.6. The van der Waals surface area contributed by atoms with E-state index in [0.717, 1.165) is 18.4 Å². The van der Waals surface area contributed by atoms with E-state index in [4.69, 9.17) is 4.74 Å². The van der Waals surface area contributed by atoms with Gasteiger partial charge in [0.15, 0.2) is 0 Å². The van der Waals surface area contributed by atoms with Gasteiger partial charge in [-0.25, -0.2) is 4.79 Å². The number of fused-ring (bicyclic) bond motifs is 5. The highest BCUT2D eigenvalue weighted by Gasteiger charge is 2.70. The smallest absolute Gasteiger partial charge is 0.331 e. The van der Waals surface area contributed by atoms with E-state index >= 15 is 0 Å². The number of hydrogen-bond acceptors (Lipinski definition) is 5. The van der Waals surface area contributed by atoms with Gasteiger partial charge in [-0.15, -0.1) is 0 Å². The number of aliphatic hydroxyl groups is 2. The zero-order valence-electron chi connectivity index (χ0n) is 23.6. The number of rotatable bonds is 5. The lowest BCUT2D eigenvalue weighted by Gasteiger charge is -2.67. The lowest BCUT2D eigenvalue weighted by atomic mass is 9.37. The molecule has 3 fully saturated rings. The molecule has 0 saturated heterocycles. The van der Waals surface area contributed by atoms with Crippen molar-refractivity contribution in [1.82, 2.24) is 0 Å². The summed E-state index contributed by atoms with van der Waals surface area (Å²) < 4.78 is 5.86. The second kappa shape index (κ2) is 9.68. The Morgan fingerprint density at radius 2 is 1.81 bits per heavy atom. The molecule has 0 radical (unpaired) electrons. The van der Waals surface area contributed by atoms with E-state index in [-0.39, 0.29) is 39.9 Å². The van der Waals surface area contributed by atoms with Crippen LogP contribution >= 0.6 is 0 Å². The first kappa shape index (κ1) is 28.1. The summed E-state index contributed by atoms with van der Waals surface area (Å²) in [6.07, 6.45) is 8.21. The number of allylic oxidation sites excluding steroid dienone is 3. The third-order valence-electron chi connectivity index (χ3n) is 11.1. The highest BCUT2D eigenvalue weighted by atomic mass is 16.5. The van der Waals surface area contributed by atoms with Crippen LogP contribution in [0.4, 0.5) is 0 Å². The van der Waals surface area contributed by atoms with Crippen molar-refractivity contribution >= 4 is 11.9 Å². The molecule has 0 amide bonds. The van der Waals surface area contributed by atoms with Gasteiger partial charge in [0.1, 0.15) is 6.10 Å². The minimum Gasteiger partial charge on any atom is -0.478 e. The highest BCUT2D eigenvalue weighted by molar-refractivity contribution is 5.88. The van der Waals surface area contributed by atoms with Gasteiger partial charge in [0.05, 0.1) is 12.2 Å². The number of aliphatic carboxylic acids is 1. The molecule has 206 valence electrons. The van der Waals surface area contributed by atoms with E-state index in [1.807, 2.05) is 26.0 Å². The van der Waals surface area contributed by atoms with Crippen molar-refractivity contribution in [1.29, 1.82) is 0 Å². The van der Waals surface area contributed by atoms with Crippen LogP contribution in [-0.4, -0.2) is 45.6 Å². The number of carboxylic acids is 1. The molecule has 37 heavy (non-hydrogen) atoms. The van der Waals surface area contributed by atoms with Crippen LogP contribution in [0.3, 0.4) is 0 Å². The van der Waals surface area contributed by atoms with Crippen LogP contribution in [0.15, 0.2) is 34.9 Å². The largest absolute Gasteiger partial charge is 0.478 e. The number of aliphatic hydroxyl groups excluding tert-OH is 2. The van der Waals surface area contributed by atoms with E-state index in [1.54, 1.807) is 0 Å². The lowest BCUT2D eigenvalue weighted by Crippen LogP contribution is -2.64. The Morgan fingerprint density at radius 3 is 2.41 bits per heavy atom. The second-order valence-corrected chi connectivity index (χ2v) is 13.2. The Bertz CT molecular complexity index is 1040. The molecule has 6 heteroatoms. The van der Waals surface area contributed by atoms with Crippen LogP contribution < -0.4 is 0 Å². The van der Waals surface area contributed by atoms with Gasteiger partial charge >= 0.3 is 11.9 Å². The van der Waals surface area contributed by atoms with Crippen LogP contribution in [0.1, 0.15) is 87.0 Å². The third kappa shape index (κ3) is 4.32. The standard InChI is InChI=1S/C31H46O6/c1-17(2)9-8-10-20(28(35)36)26-22-15-24(34)27-29(5)13-12-23(33)18(3)21(29)11-14-30(27,6)31(22,7)16-25(26)37-19(4)32/h9,12-13,18,21-25,27,33-34H,8,10-11,14-16H2,1-7H3,(H,35,36)/b26-20-/t18-,21-,22-,23+,24+,25-,27-,29-,30-,31-/m0/s1. The maximum absolute atomic E-state index is 12.6. The number of carbonyl (C=O) groups is 2. The predicted molar refractivity (Wildman–Crippen MR) is 142 cm³/mol. The van der Waals surface area contributed by atoms with Crippen molar-refractivity contribution < 1.29 is 29.6 Å². The molecular weight excluding hydrogens is 468 g/mol. The van der Waals surface area contributed by atoms with E-state index in [9.17, 15) is 24.9 Å². The summed E-state index contributed by atoms with van der Waals surface area (Å²) in [6, 6.07) is 0. The van der Waals surface area contributed by atoms with Crippen molar-refractivity contribution in [2.24, 2.45) is 39.9 Å². The molecular formula is C31H46O6. The van der Waals surface area contributed by atoms with Crippen molar-refractivity contribution in [3.8, 4) is 0 Å². The van der Waals surface area contributed by atoms with Crippen LogP contribution in [0.2, 0.25) is 0 Å². The molecule has 4 aliphatic rings. The Kier molecular flexibility index (Phi) is 7.35. The van der Waals surface area contributed by atoms with Gasteiger partial charge in [-0.05, 0) is 97.9 Å². The summed E-state index contributed by atoms with van der Waals surface area (Å²) in [4.78, 5) is 24.8. The van der Waals surface area contributed by atoms with Gasteiger partial charge in [0.25, 0.3) is 0 Å². The van der Waals surface area contributed by atoms with Gasteiger partial charge in [0.2, 0.25) is 0 Å². The monoisotopic (exact) mass is 514 g/mol. The fraction of sp³-hybridized carbons (Fsp3) is 0.742. The van der Waals surface area contributed by atoms with E-state index in [0.29, 0.717) is 36.8 Å². The molecule has 0 spiro atoms. The summed E-state index contributed by atoms with van der Waals surface area (Å²) in [6.45, 7) is 14.2. The molecule has 0 heterocycles. The van der Waals surface area contributed by atoms with Crippen LogP contribution in [-0.2, 0) is 14.3 Å². The van der Waals surface area contributed by atoms with E-state index in [2.05, 4.69) is 33.8 Å². The topological polar surface area (TPSA) is 104 Å². The van der Waals surface area contributed by atoms with Gasteiger partial charge in [-0.2, -0.15) is 0 Å². The molecule has 3 saturated carbocycles. The fourth-order valence-electron chi connectivity index (χ4n) is 9.29. The maximum atomic E-state index is 12.6. The average Bonchev–Trinajstić information content (AvgIpc) is 3.05. The van der Waals surface area contributed by atoms with Gasteiger partial charge in [-0.3, -0.25) is 4.79 Å². The summed E-state index contributed by atoms with van der Waals surface area (Å²) in [7, 11) is 0. The van der Waals surface area contributed by atoms with Gasteiger partial charge < -0.3 is 20.1 Å². The Labute approximate surface area is 221 Å². The second-order valence-electron chi connectivity index (χ2n) is 13.2. The first-order chi connectivity index (χ1) is 17.2. The quantitative estimate of drug-likeness (QED) is 0.256. The molecule has 10 atom stereocenters. The number of hydrogen-bond donors (Lipinski definition) is 3. The van der Waals surface area contributed by atoms with Crippen molar-refractivity contribution in [2.75, 3.05) is 0 Å². The highest BCUT2D eigenvalue weighted by Crippen LogP contribution is 2.73. The number of carboxylic acid groups (broad SMARTS) is 1. The zero-order chi connectivity index (χ0) is 27.5. The van der Waals surface area contributed by atoms with Crippen molar-refractivity contribution in [2.45, 2.75) is 105 Å². The number of ether oxygens (including phenoxy) is 1. The summed E-state index contributed by atoms with van der Waals surface area (Å²) in [5, 5.41) is 32.7. The van der Waals surface area contributed by atoms with Crippen molar-refractivity contribution in [3.63, 3.8) is 0 Å².